The maximum absolute atomic E-state index is 11.0. The first-order valence-corrected chi connectivity index (χ1v) is 5.52. The van der Waals surface area contributed by atoms with Crippen LogP contribution in [0.5, 0.6) is 0 Å². The van der Waals surface area contributed by atoms with Crippen molar-refractivity contribution in [3.63, 3.8) is 0 Å². The zero-order chi connectivity index (χ0) is 9.26. The molecule has 0 spiro atoms. The second kappa shape index (κ2) is 3.50. The van der Waals surface area contributed by atoms with Gasteiger partial charge in [-0.1, -0.05) is 6.92 Å². The Kier molecular flexibility index (Phi) is 2.36. The molecule has 2 rings (SSSR count). The molecule has 70 valence electrons. The number of amides is 1. The summed E-state index contributed by atoms with van der Waals surface area (Å²) in [6, 6.07) is 2.17. The summed E-state index contributed by atoms with van der Waals surface area (Å²) in [5.74, 6) is 0.628. The van der Waals surface area contributed by atoms with Gasteiger partial charge in [0.15, 0.2) is 0 Å². The number of rotatable bonds is 2. The highest BCUT2D eigenvalue weighted by molar-refractivity contribution is 7.10. The molecule has 0 saturated carbocycles. The van der Waals surface area contributed by atoms with Crippen LogP contribution in [0.3, 0.4) is 0 Å². The van der Waals surface area contributed by atoms with Crippen LogP contribution < -0.4 is 5.32 Å². The van der Waals surface area contributed by atoms with Gasteiger partial charge in [-0.15, -0.1) is 11.3 Å². The fourth-order valence-electron chi connectivity index (χ4n) is 1.79. The van der Waals surface area contributed by atoms with Crippen molar-refractivity contribution in [2.24, 2.45) is 0 Å². The van der Waals surface area contributed by atoms with Gasteiger partial charge in [0.25, 0.3) is 0 Å². The molecule has 2 nitrogen and oxygen atoms in total. The topological polar surface area (TPSA) is 29.1 Å². The lowest BCUT2D eigenvalue weighted by Gasteiger charge is -2.06. The van der Waals surface area contributed by atoms with Crippen LogP contribution in [0, 0.1) is 0 Å². The van der Waals surface area contributed by atoms with Gasteiger partial charge in [-0.05, 0) is 23.4 Å². The molecule has 1 N–H and O–H groups in total. The molecule has 2 heterocycles. The first kappa shape index (κ1) is 8.75. The fourth-order valence-corrected chi connectivity index (χ4v) is 2.89. The molecule has 1 aliphatic rings. The standard InChI is InChI=1S/C10H13NOS/c1-2-7-3-4-13-10(7)8-5-9(12)11-6-8/h3-4,8H,2,5-6H2,1H3,(H,11,12). The van der Waals surface area contributed by atoms with Crippen LogP contribution in [-0.2, 0) is 11.2 Å². The van der Waals surface area contributed by atoms with Gasteiger partial charge in [0.2, 0.25) is 5.91 Å². The highest BCUT2D eigenvalue weighted by Crippen LogP contribution is 2.30. The maximum Gasteiger partial charge on any atom is 0.220 e. The van der Waals surface area contributed by atoms with Gasteiger partial charge < -0.3 is 5.32 Å². The van der Waals surface area contributed by atoms with E-state index in [9.17, 15) is 4.79 Å². The third-order valence-corrected chi connectivity index (χ3v) is 3.63. The number of aryl methyl sites for hydroxylation is 1. The number of nitrogens with one attached hydrogen (secondary N) is 1. The first-order chi connectivity index (χ1) is 6.31. The van der Waals surface area contributed by atoms with Crippen molar-refractivity contribution >= 4 is 17.2 Å². The molecule has 3 heteroatoms. The Balaban J connectivity index is 2.20. The minimum atomic E-state index is 0.195. The van der Waals surface area contributed by atoms with E-state index in [4.69, 9.17) is 0 Å². The highest BCUT2D eigenvalue weighted by atomic mass is 32.1. The van der Waals surface area contributed by atoms with Gasteiger partial charge in [0.05, 0.1) is 0 Å². The minimum Gasteiger partial charge on any atom is -0.355 e. The van der Waals surface area contributed by atoms with Crippen molar-refractivity contribution in [2.45, 2.75) is 25.7 Å². The summed E-state index contributed by atoms with van der Waals surface area (Å²) < 4.78 is 0. The monoisotopic (exact) mass is 195 g/mol. The van der Waals surface area contributed by atoms with E-state index in [0.717, 1.165) is 13.0 Å². The van der Waals surface area contributed by atoms with Crippen molar-refractivity contribution in [1.82, 2.24) is 5.32 Å². The summed E-state index contributed by atoms with van der Waals surface area (Å²) in [4.78, 5) is 12.4. The predicted molar refractivity (Wildman–Crippen MR) is 54.1 cm³/mol. The molecule has 0 aromatic carbocycles. The van der Waals surface area contributed by atoms with Crippen LogP contribution >= 0.6 is 11.3 Å². The van der Waals surface area contributed by atoms with Gasteiger partial charge in [-0.3, -0.25) is 4.79 Å². The molecule has 13 heavy (non-hydrogen) atoms. The number of carbonyl (C=O) groups excluding carboxylic acids is 1. The summed E-state index contributed by atoms with van der Waals surface area (Å²) in [6.45, 7) is 2.99. The molecule has 0 aliphatic carbocycles. The van der Waals surface area contributed by atoms with Gasteiger partial charge in [0, 0.05) is 23.8 Å². The Bertz CT molecular complexity index is 318. The normalized spacial score (nSPS) is 21.9. The SMILES string of the molecule is CCc1ccsc1C1CNC(=O)C1. The summed E-state index contributed by atoms with van der Waals surface area (Å²) in [5, 5.41) is 5.00. The van der Waals surface area contributed by atoms with E-state index in [1.54, 1.807) is 11.3 Å². The Morgan fingerprint density at radius 3 is 3.15 bits per heavy atom. The van der Waals surface area contributed by atoms with Gasteiger partial charge in [0.1, 0.15) is 0 Å². The molecule has 0 bridgehead atoms. The zero-order valence-electron chi connectivity index (χ0n) is 7.67. The average Bonchev–Trinajstić information content (AvgIpc) is 2.71. The predicted octanol–water partition coefficient (Wildman–Crippen LogP) is 1.91. The van der Waals surface area contributed by atoms with E-state index in [1.807, 2.05) is 0 Å². The summed E-state index contributed by atoms with van der Waals surface area (Å²) >= 11 is 1.78. The first-order valence-electron chi connectivity index (χ1n) is 4.64. The number of hydrogen-bond donors (Lipinski definition) is 1. The van der Waals surface area contributed by atoms with Gasteiger partial charge >= 0.3 is 0 Å². The largest absolute Gasteiger partial charge is 0.355 e. The lowest BCUT2D eigenvalue weighted by molar-refractivity contribution is -0.119. The van der Waals surface area contributed by atoms with Crippen molar-refractivity contribution in [3.05, 3.63) is 21.9 Å². The van der Waals surface area contributed by atoms with Crippen molar-refractivity contribution in [1.29, 1.82) is 0 Å². The Morgan fingerprint density at radius 2 is 2.54 bits per heavy atom. The van der Waals surface area contributed by atoms with Crippen LogP contribution in [0.25, 0.3) is 0 Å². The molecular weight excluding hydrogens is 182 g/mol. The van der Waals surface area contributed by atoms with E-state index >= 15 is 0 Å². The van der Waals surface area contributed by atoms with E-state index in [0.29, 0.717) is 12.3 Å². The zero-order valence-corrected chi connectivity index (χ0v) is 8.49. The molecule has 1 atom stereocenters. The molecule has 1 fully saturated rings. The minimum absolute atomic E-state index is 0.195. The van der Waals surface area contributed by atoms with Gasteiger partial charge in [-0.25, -0.2) is 0 Å². The average molecular weight is 195 g/mol. The number of thiophene rings is 1. The molecular formula is C10H13NOS. The van der Waals surface area contributed by atoms with Crippen LogP contribution in [-0.4, -0.2) is 12.5 Å². The Labute approximate surface area is 82.0 Å². The smallest absolute Gasteiger partial charge is 0.220 e. The highest BCUT2D eigenvalue weighted by Gasteiger charge is 2.25. The third kappa shape index (κ3) is 1.61. The molecule has 1 unspecified atom stereocenters. The molecule has 1 aromatic heterocycles. The van der Waals surface area contributed by atoms with E-state index in [2.05, 4.69) is 23.7 Å². The number of carbonyl (C=O) groups is 1. The number of hydrogen-bond acceptors (Lipinski definition) is 2. The summed E-state index contributed by atoms with van der Waals surface area (Å²) in [5.41, 5.74) is 1.41. The van der Waals surface area contributed by atoms with Crippen LogP contribution in [0.15, 0.2) is 11.4 Å². The quantitative estimate of drug-likeness (QED) is 0.767. The van der Waals surface area contributed by atoms with Gasteiger partial charge in [-0.2, -0.15) is 0 Å². The Morgan fingerprint density at radius 1 is 1.69 bits per heavy atom. The van der Waals surface area contributed by atoms with Crippen LogP contribution in [0.2, 0.25) is 0 Å². The molecule has 1 saturated heterocycles. The molecule has 1 aromatic rings. The molecule has 0 radical (unpaired) electrons. The van der Waals surface area contributed by atoms with Crippen molar-refractivity contribution < 1.29 is 4.79 Å². The lowest BCUT2D eigenvalue weighted by atomic mass is 10.0. The second-order valence-corrected chi connectivity index (χ2v) is 4.32. The maximum atomic E-state index is 11.0. The molecule has 1 amide bonds. The van der Waals surface area contributed by atoms with E-state index in [1.165, 1.54) is 10.4 Å². The van der Waals surface area contributed by atoms with E-state index in [-0.39, 0.29) is 5.91 Å². The van der Waals surface area contributed by atoms with Crippen LogP contribution in [0.1, 0.15) is 29.7 Å². The second-order valence-electron chi connectivity index (χ2n) is 3.37. The Hall–Kier alpha value is -0.830. The molecule has 1 aliphatic heterocycles. The lowest BCUT2D eigenvalue weighted by Crippen LogP contribution is -2.13. The fraction of sp³-hybridized carbons (Fsp3) is 0.500. The van der Waals surface area contributed by atoms with E-state index < -0.39 is 0 Å². The van der Waals surface area contributed by atoms with Crippen molar-refractivity contribution in [2.75, 3.05) is 6.54 Å². The van der Waals surface area contributed by atoms with Crippen LogP contribution in [0.4, 0.5) is 0 Å². The summed E-state index contributed by atoms with van der Waals surface area (Å²) in [7, 11) is 0. The summed E-state index contributed by atoms with van der Waals surface area (Å²) in [6.07, 6.45) is 1.75. The third-order valence-electron chi connectivity index (χ3n) is 2.51. The van der Waals surface area contributed by atoms with Crippen molar-refractivity contribution in [3.8, 4) is 0 Å².